The summed E-state index contributed by atoms with van der Waals surface area (Å²) >= 11 is 0. The Kier molecular flexibility index (Phi) is 5.15. The van der Waals surface area contributed by atoms with E-state index in [1.54, 1.807) is 4.90 Å². The lowest BCUT2D eigenvalue weighted by atomic mass is 10.0. The second-order valence-corrected chi connectivity index (χ2v) is 5.55. The van der Waals surface area contributed by atoms with E-state index >= 15 is 0 Å². The van der Waals surface area contributed by atoms with E-state index < -0.39 is 5.97 Å². The fourth-order valence-electron chi connectivity index (χ4n) is 2.39. The smallest absolute Gasteiger partial charge is 0.325 e. The van der Waals surface area contributed by atoms with Crippen LogP contribution in [0.3, 0.4) is 0 Å². The van der Waals surface area contributed by atoms with Crippen molar-refractivity contribution in [3.8, 4) is 0 Å². The number of carbonyl (C=O) groups is 2. The summed E-state index contributed by atoms with van der Waals surface area (Å²) in [5.41, 5.74) is 0.944. The molecule has 0 atom stereocenters. The lowest BCUT2D eigenvalue weighted by molar-refractivity contribution is -0.148. The van der Waals surface area contributed by atoms with Crippen molar-refractivity contribution >= 4 is 22.6 Å². The van der Waals surface area contributed by atoms with E-state index in [9.17, 15) is 9.59 Å². The molecule has 2 rings (SSSR count). The maximum Gasteiger partial charge on any atom is 0.325 e. The Hall–Kier alpha value is -2.36. The number of carbonyl (C=O) groups excluding carboxylic acids is 2. The Morgan fingerprint density at radius 1 is 1.09 bits per heavy atom. The summed E-state index contributed by atoms with van der Waals surface area (Å²) in [7, 11) is 1.33. The monoisotopic (exact) mass is 299 g/mol. The molecule has 0 fully saturated rings. The molecule has 0 bridgehead atoms. The van der Waals surface area contributed by atoms with Gasteiger partial charge < -0.3 is 9.64 Å². The number of fused-ring (bicyclic) bond motifs is 1. The highest BCUT2D eigenvalue weighted by atomic mass is 16.5. The molecule has 116 valence electrons. The zero-order chi connectivity index (χ0) is 16.1. The highest BCUT2D eigenvalue weighted by molar-refractivity contribution is 5.87. The molecule has 2 aromatic carbocycles. The average Bonchev–Trinajstić information content (AvgIpc) is 2.51. The van der Waals surface area contributed by atoms with Crippen LogP contribution in [0.1, 0.15) is 19.4 Å². The third-order valence-electron chi connectivity index (χ3n) is 3.64. The number of ether oxygens (including phenoxy) is 1. The summed E-state index contributed by atoms with van der Waals surface area (Å²) < 4.78 is 4.66. The molecule has 22 heavy (non-hydrogen) atoms. The predicted molar refractivity (Wildman–Crippen MR) is 86.5 cm³/mol. The van der Waals surface area contributed by atoms with Crippen LogP contribution in [-0.2, 0) is 20.7 Å². The van der Waals surface area contributed by atoms with Crippen LogP contribution in [-0.4, -0.2) is 36.5 Å². The number of hydrogen-bond acceptors (Lipinski definition) is 3. The van der Waals surface area contributed by atoms with Gasteiger partial charge in [0.1, 0.15) is 6.54 Å². The Balaban J connectivity index is 2.15. The van der Waals surface area contributed by atoms with Gasteiger partial charge in [0.2, 0.25) is 5.91 Å². The molecule has 0 aliphatic carbocycles. The van der Waals surface area contributed by atoms with Gasteiger partial charge in [-0.3, -0.25) is 9.59 Å². The fraction of sp³-hybridized carbons (Fsp3) is 0.333. The van der Waals surface area contributed by atoms with E-state index in [1.165, 1.54) is 7.11 Å². The van der Waals surface area contributed by atoms with Gasteiger partial charge in [0.15, 0.2) is 0 Å². The van der Waals surface area contributed by atoms with Crippen LogP contribution in [0.4, 0.5) is 0 Å². The maximum absolute atomic E-state index is 12.5. The molecule has 0 aliphatic heterocycles. The SMILES string of the molecule is COC(=O)CN(C(=O)Cc1ccc2ccccc2c1)C(C)C. The molecule has 2 aromatic rings. The summed E-state index contributed by atoms with van der Waals surface area (Å²) in [6.45, 7) is 3.77. The zero-order valence-corrected chi connectivity index (χ0v) is 13.2. The molecule has 1 amide bonds. The van der Waals surface area contributed by atoms with Crippen molar-refractivity contribution in [3.05, 3.63) is 48.0 Å². The summed E-state index contributed by atoms with van der Waals surface area (Å²) in [6.07, 6.45) is 0.278. The lowest BCUT2D eigenvalue weighted by Gasteiger charge is -2.25. The molecule has 4 heteroatoms. The second kappa shape index (κ2) is 7.07. The number of benzene rings is 2. The van der Waals surface area contributed by atoms with E-state index in [0.29, 0.717) is 0 Å². The van der Waals surface area contributed by atoms with Crippen molar-refractivity contribution in [2.45, 2.75) is 26.3 Å². The predicted octanol–water partition coefficient (Wildman–Crippen LogP) is 2.79. The van der Waals surface area contributed by atoms with Gasteiger partial charge in [0, 0.05) is 6.04 Å². The van der Waals surface area contributed by atoms with E-state index in [1.807, 2.05) is 56.3 Å². The number of amides is 1. The fourth-order valence-corrected chi connectivity index (χ4v) is 2.39. The molecule has 0 aromatic heterocycles. The molecule has 0 heterocycles. The normalized spacial score (nSPS) is 10.7. The Labute approximate surface area is 130 Å². The van der Waals surface area contributed by atoms with Gasteiger partial charge in [0.25, 0.3) is 0 Å². The highest BCUT2D eigenvalue weighted by Gasteiger charge is 2.20. The van der Waals surface area contributed by atoms with Gasteiger partial charge in [-0.25, -0.2) is 0 Å². The lowest BCUT2D eigenvalue weighted by Crippen LogP contribution is -2.41. The van der Waals surface area contributed by atoms with Gasteiger partial charge in [-0.05, 0) is 30.2 Å². The summed E-state index contributed by atoms with van der Waals surface area (Å²) in [6, 6.07) is 14.0. The maximum atomic E-state index is 12.5. The third kappa shape index (κ3) is 3.85. The average molecular weight is 299 g/mol. The van der Waals surface area contributed by atoms with Crippen LogP contribution in [0.25, 0.3) is 10.8 Å². The Morgan fingerprint density at radius 2 is 1.77 bits per heavy atom. The van der Waals surface area contributed by atoms with Gasteiger partial charge in [0.05, 0.1) is 13.5 Å². The largest absolute Gasteiger partial charge is 0.468 e. The van der Waals surface area contributed by atoms with Gasteiger partial charge in [-0.1, -0.05) is 42.5 Å². The Morgan fingerprint density at radius 3 is 2.41 bits per heavy atom. The first-order valence-corrected chi connectivity index (χ1v) is 7.35. The van der Waals surface area contributed by atoms with Crippen LogP contribution in [0.5, 0.6) is 0 Å². The van der Waals surface area contributed by atoms with Crippen LogP contribution in [0.15, 0.2) is 42.5 Å². The minimum Gasteiger partial charge on any atom is -0.468 e. The molecule has 0 radical (unpaired) electrons. The topological polar surface area (TPSA) is 46.6 Å². The van der Waals surface area contributed by atoms with Crippen molar-refractivity contribution in [2.24, 2.45) is 0 Å². The number of nitrogens with zero attached hydrogens (tertiary/aromatic N) is 1. The molecule has 0 aliphatic rings. The Bertz CT molecular complexity index is 679. The number of hydrogen-bond donors (Lipinski definition) is 0. The first kappa shape index (κ1) is 16.0. The van der Waals surface area contributed by atoms with Gasteiger partial charge in [-0.15, -0.1) is 0 Å². The van der Waals surface area contributed by atoms with E-state index in [-0.39, 0.29) is 24.9 Å². The molecular formula is C18H21NO3. The van der Waals surface area contributed by atoms with Crippen LogP contribution < -0.4 is 0 Å². The van der Waals surface area contributed by atoms with Crippen molar-refractivity contribution in [3.63, 3.8) is 0 Å². The van der Waals surface area contributed by atoms with E-state index in [0.717, 1.165) is 16.3 Å². The van der Waals surface area contributed by atoms with E-state index in [4.69, 9.17) is 0 Å². The first-order chi connectivity index (χ1) is 10.5. The third-order valence-corrected chi connectivity index (χ3v) is 3.64. The summed E-state index contributed by atoms with van der Waals surface area (Å²) in [5, 5.41) is 2.26. The molecule has 4 nitrogen and oxygen atoms in total. The molecular weight excluding hydrogens is 278 g/mol. The summed E-state index contributed by atoms with van der Waals surface area (Å²) in [5.74, 6) is -0.476. The molecule has 0 saturated heterocycles. The van der Waals surface area contributed by atoms with E-state index in [2.05, 4.69) is 4.74 Å². The van der Waals surface area contributed by atoms with Crippen molar-refractivity contribution in [1.29, 1.82) is 0 Å². The van der Waals surface area contributed by atoms with Gasteiger partial charge in [-0.2, -0.15) is 0 Å². The second-order valence-electron chi connectivity index (χ2n) is 5.55. The first-order valence-electron chi connectivity index (χ1n) is 7.35. The van der Waals surface area contributed by atoms with Crippen LogP contribution in [0, 0.1) is 0 Å². The highest BCUT2D eigenvalue weighted by Crippen LogP contribution is 2.16. The van der Waals surface area contributed by atoms with Crippen molar-refractivity contribution < 1.29 is 14.3 Å². The van der Waals surface area contributed by atoms with Crippen LogP contribution in [0.2, 0.25) is 0 Å². The minimum absolute atomic E-state index is 0.0133. The molecule has 0 spiro atoms. The number of methoxy groups -OCH3 is 1. The zero-order valence-electron chi connectivity index (χ0n) is 13.2. The molecule has 0 unspecified atom stereocenters. The standard InChI is InChI=1S/C18H21NO3/c1-13(2)19(12-18(21)22-3)17(20)11-14-8-9-15-6-4-5-7-16(15)10-14/h4-10,13H,11-12H2,1-3H3. The molecule has 0 N–H and O–H groups in total. The quantitative estimate of drug-likeness (QED) is 0.798. The van der Waals surface area contributed by atoms with Crippen molar-refractivity contribution in [2.75, 3.05) is 13.7 Å². The number of esters is 1. The molecule has 0 saturated carbocycles. The van der Waals surface area contributed by atoms with Gasteiger partial charge >= 0.3 is 5.97 Å². The van der Waals surface area contributed by atoms with Crippen LogP contribution >= 0.6 is 0 Å². The minimum atomic E-state index is -0.402. The number of rotatable bonds is 5. The summed E-state index contributed by atoms with van der Waals surface area (Å²) in [4.78, 5) is 25.4. The van der Waals surface area contributed by atoms with Crippen molar-refractivity contribution in [1.82, 2.24) is 4.90 Å².